The summed E-state index contributed by atoms with van der Waals surface area (Å²) in [6.45, 7) is 4.78. The van der Waals surface area contributed by atoms with Crippen molar-refractivity contribution in [1.29, 1.82) is 0 Å². The van der Waals surface area contributed by atoms with E-state index in [-0.39, 0.29) is 11.7 Å². The molecule has 0 radical (unpaired) electrons. The van der Waals surface area contributed by atoms with Crippen molar-refractivity contribution in [2.24, 2.45) is 0 Å². The summed E-state index contributed by atoms with van der Waals surface area (Å²) < 4.78 is 15.6. The number of nitrogens with zero attached hydrogens (tertiary/aromatic N) is 6. The predicted octanol–water partition coefficient (Wildman–Crippen LogP) is 5.90. The van der Waals surface area contributed by atoms with Gasteiger partial charge in [0.15, 0.2) is 5.65 Å². The van der Waals surface area contributed by atoms with Gasteiger partial charge in [-0.25, -0.2) is 9.37 Å². The van der Waals surface area contributed by atoms with Gasteiger partial charge in [0.2, 0.25) is 11.1 Å². The molecule has 1 amide bonds. The predicted molar refractivity (Wildman–Crippen MR) is 167 cm³/mol. The van der Waals surface area contributed by atoms with E-state index in [2.05, 4.69) is 43.9 Å². The standard InChI is InChI=1S/C33H33FN6OS/c34-27-16-14-26(15-17-27)24-40-29-12-5-4-11-28(29)31-32(40)35-33(37-36-31)42-23-7-13-30(41)39-21-19-38(20-22-39)18-6-10-25-8-2-1-3-9-25/h1-6,8-12,14-17H,7,13,18-24H2. The number of rotatable bonds is 10. The van der Waals surface area contributed by atoms with E-state index in [1.54, 1.807) is 12.1 Å². The Bertz CT molecular complexity index is 1680. The smallest absolute Gasteiger partial charge is 0.222 e. The summed E-state index contributed by atoms with van der Waals surface area (Å²) >= 11 is 1.52. The lowest BCUT2D eigenvalue weighted by Crippen LogP contribution is -2.48. The molecule has 6 rings (SSSR count). The summed E-state index contributed by atoms with van der Waals surface area (Å²) in [4.78, 5) is 22.1. The number of benzene rings is 3. The Hall–Kier alpha value is -4.08. The fraction of sp³-hybridized carbons (Fsp3) is 0.273. The molecule has 42 heavy (non-hydrogen) atoms. The summed E-state index contributed by atoms with van der Waals surface area (Å²) in [5.74, 6) is 0.696. The topological polar surface area (TPSA) is 67.2 Å². The van der Waals surface area contributed by atoms with Gasteiger partial charge in [-0.1, -0.05) is 84.6 Å². The lowest BCUT2D eigenvalue weighted by atomic mass is 10.2. The molecule has 3 aromatic carbocycles. The van der Waals surface area contributed by atoms with Crippen molar-refractivity contribution in [3.8, 4) is 0 Å². The van der Waals surface area contributed by atoms with Gasteiger partial charge in [0, 0.05) is 56.8 Å². The lowest BCUT2D eigenvalue weighted by Gasteiger charge is -2.34. The van der Waals surface area contributed by atoms with E-state index in [0.29, 0.717) is 18.1 Å². The Morgan fingerprint density at radius 3 is 2.48 bits per heavy atom. The molecule has 3 heterocycles. The second-order valence-electron chi connectivity index (χ2n) is 10.4. The van der Waals surface area contributed by atoms with E-state index in [9.17, 15) is 9.18 Å². The first kappa shape index (κ1) is 28.1. The third-order valence-electron chi connectivity index (χ3n) is 7.57. The maximum Gasteiger partial charge on any atom is 0.222 e. The average Bonchev–Trinajstić information content (AvgIpc) is 3.33. The summed E-state index contributed by atoms with van der Waals surface area (Å²) in [5, 5.41) is 10.5. The van der Waals surface area contributed by atoms with Gasteiger partial charge < -0.3 is 9.47 Å². The first-order chi connectivity index (χ1) is 20.6. The van der Waals surface area contributed by atoms with E-state index in [1.165, 1.54) is 29.5 Å². The molecule has 1 saturated heterocycles. The molecule has 9 heteroatoms. The molecule has 1 aliphatic rings. The number of para-hydroxylation sites is 1. The van der Waals surface area contributed by atoms with Crippen molar-refractivity contribution in [2.45, 2.75) is 24.5 Å². The van der Waals surface area contributed by atoms with Crippen LogP contribution in [-0.2, 0) is 11.3 Å². The molecular formula is C33H33FN6OS. The molecule has 0 saturated carbocycles. The zero-order chi connectivity index (χ0) is 28.7. The van der Waals surface area contributed by atoms with Gasteiger partial charge >= 0.3 is 0 Å². The van der Waals surface area contributed by atoms with Gasteiger partial charge in [0.05, 0.1) is 5.52 Å². The second kappa shape index (κ2) is 13.3. The highest BCUT2D eigenvalue weighted by molar-refractivity contribution is 7.99. The largest absolute Gasteiger partial charge is 0.340 e. The molecule has 1 fully saturated rings. The van der Waals surface area contributed by atoms with Crippen LogP contribution >= 0.6 is 11.8 Å². The molecule has 0 atom stereocenters. The summed E-state index contributed by atoms with van der Waals surface area (Å²) in [5.41, 5.74) is 4.71. The highest BCUT2D eigenvalue weighted by Crippen LogP contribution is 2.28. The summed E-state index contributed by atoms with van der Waals surface area (Å²) in [6.07, 6.45) is 5.61. The number of hydrogen-bond acceptors (Lipinski definition) is 6. The second-order valence-corrected chi connectivity index (χ2v) is 11.5. The van der Waals surface area contributed by atoms with Crippen molar-refractivity contribution < 1.29 is 9.18 Å². The van der Waals surface area contributed by atoms with Gasteiger partial charge in [-0.2, -0.15) is 0 Å². The van der Waals surface area contributed by atoms with Gasteiger partial charge in [-0.3, -0.25) is 9.69 Å². The Morgan fingerprint density at radius 1 is 0.905 bits per heavy atom. The Morgan fingerprint density at radius 2 is 1.67 bits per heavy atom. The van der Waals surface area contributed by atoms with Gasteiger partial charge in [-0.15, -0.1) is 10.2 Å². The molecular weight excluding hydrogens is 547 g/mol. The van der Waals surface area contributed by atoms with Crippen molar-refractivity contribution >= 4 is 45.8 Å². The van der Waals surface area contributed by atoms with E-state index in [4.69, 9.17) is 4.98 Å². The quantitative estimate of drug-likeness (QED) is 0.151. The summed E-state index contributed by atoms with van der Waals surface area (Å²) in [6, 6.07) is 24.9. The highest BCUT2D eigenvalue weighted by Gasteiger charge is 2.20. The van der Waals surface area contributed by atoms with Crippen LogP contribution < -0.4 is 0 Å². The molecule has 0 aliphatic carbocycles. The minimum absolute atomic E-state index is 0.212. The van der Waals surface area contributed by atoms with Crippen LogP contribution in [0.2, 0.25) is 0 Å². The fourth-order valence-electron chi connectivity index (χ4n) is 5.31. The zero-order valence-corrected chi connectivity index (χ0v) is 24.2. The Kier molecular flexibility index (Phi) is 8.86. The van der Waals surface area contributed by atoms with E-state index < -0.39 is 0 Å². The number of thioether (sulfide) groups is 1. The molecule has 2 aromatic heterocycles. The highest BCUT2D eigenvalue weighted by atomic mass is 32.2. The number of aromatic nitrogens is 4. The van der Waals surface area contributed by atoms with Gasteiger partial charge in [-0.05, 0) is 35.7 Å². The van der Waals surface area contributed by atoms with Crippen molar-refractivity contribution in [3.05, 3.63) is 102 Å². The van der Waals surface area contributed by atoms with E-state index >= 15 is 0 Å². The minimum atomic E-state index is -0.253. The molecule has 0 N–H and O–H groups in total. The Balaban J connectivity index is 1.01. The first-order valence-electron chi connectivity index (χ1n) is 14.3. The molecule has 0 unspecified atom stereocenters. The number of piperazine rings is 1. The molecule has 5 aromatic rings. The average molecular weight is 581 g/mol. The summed E-state index contributed by atoms with van der Waals surface area (Å²) in [7, 11) is 0. The van der Waals surface area contributed by atoms with Crippen LogP contribution in [0.5, 0.6) is 0 Å². The van der Waals surface area contributed by atoms with Crippen molar-refractivity contribution in [2.75, 3.05) is 38.5 Å². The molecule has 7 nitrogen and oxygen atoms in total. The normalized spacial score (nSPS) is 14.4. The maximum atomic E-state index is 13.5. The molecule has 0 spiro atoms. The molecule has 1 aliphatic heterocycles. The number of carbonyl (C=O) groups is 1. The van der Waals surface area contributed by atoms with Crippen LogP contribution in [0.3, 0.4) is 0 Å². The number of halogens is 1. The van der Waals surface area contributed by atoms with Gasteiger partial charge in [0.1, 0.15) is 11.3 Å². The zero-order valence-electron chi connectivity index (χ0n) is 23.4. The third-order valence-corrected chi connectivity index (χ3v) is 8.50. The lowest BCUT2D eigenvalue weighted by molar-refractivity contribution is -0.132. The maximum absolute atomic E-state index is 13.5. The van der Waals surface area contributed by atoms with E-state index in [0.717, 1.165) is 72.5 Å². The monoisotopic (exact) mass is 580 g/mol. The minimum Gasteiger partial charge on any atom is -0.340 e. The van der Waals surface area contributed by atoms with Crippen molar-refractivity contribution in [1.82, 2.24) is 29.5 Å². The van der Waals surface area contributed by atoms with Crippen molar-refractivity contribution in [3.63, 3.8) is 0 Å². The molecule has 214 valence electrons. The van der Waals surface area contributed by atoms with Crippen LogP contribution in [0, 0.1) is 5.82 Å². The Labute approximate surface area is 249 Å². The first-order valence-corrected chi connectivity index (χ1v) is 15.3. The van der Waals surface area contributed by atoms with Crippen LogP contribution in [0.4, 0.5) is 4.39 Å². The van der Waals surface area contributed by atoms with Crippen LogP contribution in [0.1, 0.15) is 24.0 Å². The van der Waals surface area contributed by atoms with E-state index in [1.807, 2.05) is 47.4 Å². The van der Waals surface area contributed by atoms with Crippen LogP contribution in [0.25, 0.3) is 28.1 Å². The number of amides is 1. The van der Waals surface area contributed by atoms with Gasteiger partial charge in [0.25, 0.3) is 0 Å². The number of hydrogen-bond donors (Lipinski definition) is 0. The third kappa shape index (κ3) is 6.69. The number of carbonyl (C=O) groups excluding carboxylic acids is 1. The molecule has 0 bridgehead atoms. The van der Waals surface area contributed by atoms with Crippen LogP contribution in [0.15, 0.2) is 90.1 Å². The fourth-order valence-corrected chi connectivity index (χ4v) is 6.03. The SMILES string of the molecule is O=C(CCCSc1nnc2c3ccccc3n(Cc3ccc(F)cc3)c2n1)N1CCN(CC=Cc2ccccc2)CC1. The van der Waals surface area contributed by atoms with Crippen LogP contribution in [-0.4, -0.2) is 73.9 Å². The number of fused-ring (bicyclic) bond motifs is 3.